The molecule has 1 aliphatic heterocycles. The van der Waals surface area contributed by atoms with Crippen LogP contribution in [0, 0.1) is 0 Å². The molecule has 176 valence electrons. The van der Waals surface area contributed by atoms with Gasteiger partial charge in [-0.3, -0.25) is 9.59 Å². The van der Waals surface area contributed by atoms with Gasteiger partial charge in [0, 0.05) is 14.8 Å². The highest BCUT2D eigenvalue weighted by atomic mass is 35.5. The Bertz CT molecular complexity index is 1180. The lowest BCUT2D eigenvalue weighted by Crippen LogP contribution is -2.49. The van der Waals surface area contributed by atoms with Gasteiger partial charge in [0.15, 0.2) is 4.08 Å². The van der Waals surface area contributed by atoms with Crippen molar-refractivity contribution in [2.45, 2.75) is 53.2 Å². The summed E-state index contributed by atoms with van der Waals surface area (Å²) in [5.41, 5.74) is 1.21. The van der Waals surface area contributed by atoms with Gasteiger partial charge < -0.3 is 9.64 Å². The average Bonchev–Trinajstić information content (AvgIpc) is 2.78. The number of rotatable bonds is 6. The summed E-state index contributed by atoms with van der Waals surface area (Å²) in [6, 6.07) is 25.0. The fourth-order valence-corrected chi connectivity index (χ4v) is 6.76. The Morgan fingerprint density at radius 2 is 1.65 bits per heavy atom. The van der Waals surface area contributed by atoms with Gasteiger partial charge in [0.05, 0.1) is 18.7 Å². The molecule has 0 radical (unpaired) electrons. The van der Waals surface area contributed by atoms with Crippen LogP contribution in [0.2, 0.25) is 5.02 Å². The van der Waals surface area contributed by atoms with Crippen LogP contribution in [-0.2, 0) is 20.9 Å². The number of ether oxygens (including phenoxy) is 1. The Hall–Kier alpha value is -2.41. The van der Waals surface area contributed by atoms with Gasteiger partial charge in [-0.05, 0) is 62.7 Å². The number of fused-ring (bicyclic) bond motifs is 1. The summed E-state index contributed by atoms with van der Waals surface area (Å²) >= 11 is 8.88. The lowest BCUT2D eigenvalue weighted by Gasteiger charge is -2.41. The largest absolute Gasteiger partial charge is 0.460 e. The van der Waals surface area contributed by atoms with E-state index in [1.165, 1.54) is 23.5 Å². The first-order valence-electron chi connectivity index (χ1n) is 11.0. The Kier molecular flexibility index (Phi) is 7.31. The monoisotopic (exact) mass is 511 g/mol. The van der Waals surface area contributed by atoms with Gasteiger partial charge in [-0.25, -0.2) is 0 Å². The predicted octanol–water partition coefficient (Wildman–Crippen LogP) is 7.20. The van der Waals surface area contributed by atoms with E-state index in [2.05, 4.69) is 0 Å². The highest BCUT2D eigenvalue weighted by molar-refractivity contribution is 8.19. The second-order valence-corrected chi connectivity index (χ2v) is 12.4. The maximum absolute atomic E-state index is 14.2. The standard InChI is InChI=1S/C27H26ClNO3S2/c1-26(2,3)32-24(30)17-27(33-21-15-13-20(28)14-16-21)25(31)29(18-19-9-5-4-6-10-19)22-11-7-8-12-23(22)34-27/h4-16H,17-18H2,1-3H3. The second-order valence-electron chi connectivity index (χ2n) is 9.02. The Morgan fingerprint density at radius 3 is 2.32 bits per heavy atom. The molecule has 1 atom stereocenters. The zero-order valence-corrected chi connectivity index (χ0v) is 21.7. The van der Waals surface area contributed by atoms with Crippen molar-refractivity contribution < 1.29 is 14.3 Å². The molecule has 3 aromatic carbocycles. The molecule has 0 N–H and O–H groups in total. The molecule has 1 unspecified atom stereocenters. The van der Waals surface area contributed by atoms with Crippen LogP contribution in [0.1, 0.15) is 32.8 Å². The molecule has 1 heterocycles. The summed E-state index contributed by atoms with van der Waals surface area (Å²) in [6.45, 7) is 5.90. The summed E-state index contributed by atoms with van der Waals surface area (Å²) in [5, 5.41) is 0.615. The molecule has 0 saturated carbocycles. The van der Waals surface area contributed by atoms with Crippen LogP contribution < -0.4 is 4.90 Å². The molecule has 1 amide bonds. The molecule has 34 heavy (non-hydrogen) atoms. The van der Waals surface area contributed by atoms with E-state index in [1.54, 1.807) is 17.0 Å². The third-order valence-corrected chi connectivity index (χ3v) is 8.20. The number of carbonyl (C=O) groups excluding carboxylic acids is 2. The minimum Gasteiger partial charge on any atom is -0.460 e. The molecule has 1 aliphatic rings. The number of carbonyl (C=O) groups is 2. The molecular weight excluding hydrogens is 486 g/mol. The topological polar surface area (TPSA) is 46.6 Å². The van der Waals surface area contributed by atoms with Crippen molar-refractivity contribution >= 4 is 52.7 Å². The van der Waals surface area contributed by atoms with Crippen molar-refractivity contribution in [2.24, 2.45) is 0 Å². The molecule has 0 aromatic heterocycles. The maximum atomic E-state index is 14.2. The lowest BCUT2D eigenvalue weighted by atomic mass is 10.1. The number of thioether (sulfide) groups is 2. The molecule has 4 rings (SSSR count). The summed E-state index contributed by atoms with van der Waals surface area (Å²) in [7, 11) is 0. The van der Waals surface area contributed by atoms with Gasteiger partial charge in [-0.1, -0.05) is 77.6 Å². The van der Waals surface area contributed by atoms with E-state index in [4.69, 9.17) is 16.3 Å². The van der Waals surface area contributed by atoms with E-state index < -0.39 is 15.6 Å². The molecule has 0 saturated heterocycles. The van der Waals surface area contributed by atoms with Gasteiger partial charge in [-0.15, -0.1) is 0 Å². The maximum Gasteiger partial charge on any atom is 0.309 e. The molecule has 4 nitrogen and oxygen atoms in total. The van der Waals surface area contributed by atoms with Gasteiger partial charge in [-0.2, -0.15) is 0 Å². The van der Waals surface area contributed by atoms with Crippen LogP contribution in [0.15, 0.2) is 88.7 Å². The minimum absolute atomic E-state index is 0.0688. The van der Waals surface area contributed by atoms with Gasteiger partial charge >= 0.3 is 5.97 Å². The Balaban J connectivity index is 1.77. The highest BCUT2D eigenvalue weighted by Crippen LogP contribution is 2.55. The SMILES string of the molecule is CC(C)(C)OC(=O)CC1(Sc2ccc(Cl)cc2)Sc2ccccc2N(Cc2ccccc2)C1=O. The van der Waals surface area contributed by atoms with E-state index in [9.17, 15) is 9.59 Å². The van der Waals surface area contributed by atoms with E-state index in [1.807, 2.05) is 87.5 Å². The summed E-state index contributed by atoms with van der Waals surface area (Å²) in [5.74, 6) is -0.542. The summed E-state index contributed by atoms with van der Waals surface area (Å²) in [6.07, 6.45) is -0.0688. The second kappa shape index (κ2) is 10.1. The molecule has 0 bridgehead atoms. The number of hydrogen-bond donors (Lipinski definition) is 0. The van der Waals surface area contributed by atoms with Gasteiger partial charge in [0.25, 0.3) is 5.91 Å². The zero-order valence-electron chi connectivity index (χ0n) is 19.3. The van der Waals surface area contributed by atoms with Crippen LogP contribution >= 0.6 is 35.1 Å². The number of nitrogens with zero attached hydrogens (tertiary/aromatic N) is 1. The number of halogens is 1. The first-order chi connectivity index (χ1) is 16.2. The van der Waals surface area contributed by atoms with Gasteiger partial charge in [0.1, 0.15) is 5.60 Å². The van der Waals surface area contributed by atoms with Crippen molar-refractivity contribution in [3.63, 3.8) is 0 Å². The quantitative estimate of drug-likeness (QED) is 0.327. The number of hydrogen-bond acceptors (Lipinski definition) is 5. The van der Waals surface area contributed by atoms with Crippen molar-refractivity contribution in [1.29, 1.82) is 0 Å². The average molecular weight is 512 g/mol. The van der Waals surface area contributed by atoms with Crippen molar-refractivity contribution in [2.75, 3.05) is 4.90 Å². The van der Waals surface area contributed by atoms with Crippen LogP contribution in [0.25, 0.3) is 0 Å². The molecular formula is C27H26ClNO3S2. The molecule has 0 spiro atoms. The highest BCUT2D eigenvalue weighted by Gasteiger charge is 2.50. The van der Waals surface area contributed by atoms with Crippen LogP contribution in [-0.4, -0.2) is 21.6 Å². The Labute approximate surface area is 214 Å². The number of benzene rings is 3. The fraction of sp³-hybridized carbons (Fsp3) is 0.259. The number of anilines is 1. The molecule has 7 heteroatoms. The predicted molar refractivity (Wildman–Crippen MR) is 140 cm³/mol. The van der Waals surface area contributed by atoms with Crippen molar-refractivity contribution in [3.8, 4) is 0 Å². The Morgan fingerprint density at radius 1 is 1.00 bits per heavy atom. The molecule has 0 aliphatic carbocycles. The number of amides is 1. The van der Waals surface area contributed by atoms with Crippen LogP contribution in [0.5, 0.6) is 0 Å². The fourth-order valence-electron chi connectivity index (χ4n) is 3.70. The first-order valence-corrected chi connectivity index (χ1v) is 13.0. The zero-order chi connectivity index (χ0) is 24.3. The van der Waals surface area contributed by atoms with E-state index in [0.29, 0.717) is 11.6 Å². The molecule has 0 fully saturated rings. The number of esters is 1. The van der Waals surface area contributed by atoms with E-state index in [-0.39, 0.29) is 12.3 Å². The van der Waals surface area contributed by atoms with Crippen molar-refractivity contribution in [3.05, 3.63) is 89.4 Å². The summed E-state index contributed by atoms with van der Waals surface area (Å²) < 4.78 is 4.53. The third kappa shape index (κ3) is 5.80. The first kappa shape index (κ1) is 24.7. The smallest absolute Gasteiger partial charge is 0.309 e. The van der Waals surface area contributed by atoms with Crippen LogP contribution in [0.4, 0.5) is 5.69 Å². The molecule has 3 aromatic rings. The van der Waals surface area contributed by atoms with Gasteiger partial charge in [0.2, 0.25) is 0 Å². The van der Waals surface area contributed by atoms with Crippen LogP contribution in [0.3, 0.4) is 0 Å². The van der Waals surface area contributed by atoms with Crippen molar-refractivity contribution in [1.82, 2.24) is 0 Å². The minimum atomic E-state index is -1.13. The van der Waals surface area contributed by atoms with E-state index in [0.717, 1.165) is 21.0 Å². The lowest BCUT2D eigenvalue weighted by molar-refractivity contribution is -0.155. The normalized spacial score (nSPS) is 17.9. The third-order valence-electron chi connectivity index (χ3n) is 5.08. The summed E-state index contributed by atoms with van der Waals surface area (Å²) in [4.78, 5) is 30.9. The number of para-hydroxylation sites is 1. The van der Waals surface area contributed by atoms with E-state index >= 15 is 0 Å².